The molecule has 0 aliphatic carbocycles. The van der Waals surface area contributed by atoms with E-state index in [1.165, 1.54) is 0 Å². The van der Waals surface area contributed by atoms with Crippen LogP contribution < -0.4 is 5.32 Å². The summed E-state index contributed by atoms with van der Waals surface area (Å²) >= 11 is 0. The molecule has 2 aromatic heterocycles. The summed E-state index contributed by atoms with van der Waals surface area (Å²) in [7, 11) is 1.90. The molecule has 2 aromatic rings. The minimum absolute atomic E-state index is 1.11. The van der Waals surface area contributed by atoms with E-state index >= 15 is 0 Å². The number of hydrogen-bond donors (Lipinski definition) is 1. The molecule has 0 bridgehead atoms. The summed E-state index contributed by atoms with van der Waals surface area (Å²) in [6.07, 6.45) is 3.72. The van der Waals surface area contributed by atoms with Gasteiger partial charge in [-0.2, -0.15) is 5.10 Å². The van der Waals surface area contributed by atoms with Gasteiger partial charge in [0.2, 0.25) is 0 Å². The van der Waals surface area contributed by atoms with E-state index in [2.05, 4.69) is 10.4 Å². The third-order valence-electron chi connectivity index (χ3n) is 1.69. The molecule has 3 heteroatoms. The summed E-state index contributed by atoms with van der Waals surface area (Å²) in [6.45, 7) is 0. The van der Waals surface area contributed by atoms with Crippen molar-refractivity contribution in [3.05, 3.63) is 30.6 Å². The van der Waals surface area contributed by atoms with E-state index in [0.717, 1.165) is 11.2 Å². The minimum Gasteiger partial charge on any atom is -0.388 e. The predicted molar refractivity (Wildman–Crippen MR) is 44.7 cm³/mol. The van der Waals surface area contributed by atoms with Gasteiger partial charge in [-0.15, -0.1) is 0 Å². The minimum atomic E-state index is 1.11. The highest BCUT2D eigenvalue weighted by Gasteiger charge is 1.92. The standard InChI is InChI=1S/C8H9N3/c1-9-7-3-5-11-8(6-7)2-4-10-11/h2-6,9H,1H3. The van der Waals surface area contributed by atoms with E-state index in [1.54, 1.807) is 6.20 Å². The van der Waals surface area contributed by atoms with Crippen molar-refractivity contribution in [2.45, 2.75) is 0 Å². The summed E-state index contributed by atoms with van der Waals surface area (Å²) in [6, 6.07) is 6.01. The monoisotopic (exact) mass is 147 g/mol. The Morgan fingerprint density at radius 2 is 2.36 bits per heavy atom. The largest absolute Gasteiger partial charge is 0.388 e. The van der Waals surface area contributed by atoms with Gasteiger partial charge in [0.25, 0.3) is 0 Å². The highest BCUT2D eigenvalue weighted by atomic mass is 15.2. The predicted octanol–water partition coefficient (Wildman–Crippen LogP) is 1.38. The molecule has 0 spiro atoms. The van der Waals surface area contributed by atoms with E-state index < -0.39 is 0 Å². The van der Waals surface area contributed by atoms with Gasteiger partial charge >= 0.3 is 0 Å². The number of aromatic nitrogens is 2. The Balaban J connectivity index is 2.67. The number of nitrogens with one attached hydrogen (secondary N) is 1. The average Bonchev–Trinajstić information content (AvgIpc) is 2.50. The maximum absolute atomic E-state index is 4.08. The third-order valence-corrected chi connectivity index (χ3v) is 1.69. The molecule has 1 N–H and O–H groups in total. The summed E-state index contributed by atoms with van der Waals surface area (Å²) in [5, 5.41) is 7.15. The molecule has 3 nitrogen and oxygen atoms in total. The lowest BCUT2D eigenvalue weighted by Crippen LogP contribution is -1.90. The van der Waals surface area contributed by atoms with Gasteiger partial charge in [-0.25, -0.2) is 4.52 Å². The number of anilines is 1. The van der Waals surface area contributed by atoms with Crippen LogP contribution >= 0.6 is 0 Å². The van der Waals surface area contributed by atoms with Gasteiger partial charge in [0.05, 0.1) is 5.52 Å². The molecule has 0 unspecified atom stereocenters. The Labute approximate surface area is 64.7 Å². The number of pyridine rings is 1. The summed E-state index contributed by atoms with van der Waals surface area (Å²) in [5.74, 6) is 0. The van der Waals surface area contributed by atoms with Gasteiger partial charge < -0.3 is 5.32 Å². The van der Waals surface area contributed by atoms with Gasteiger partial charge in [0.1, 0.15) is 0 Å². The van der Waals surface area contributed by atoms with Crippen molar-refractivity contribution in [1.29, 1.82) is 0 Å². The lowest BCUT2D eigenvalue weighted by molar-refractivity contribution is 0.961. The van der Waals surface area contributed by atoms with Gasteiger partial charge in [-0.1, -0.05) is 0 Å². The maximum atomic E-state index is 4.08. The molecule has 0 atom stereocenters. The van der Waals surface area contributed by atoms with Crippen LogP contribution in [0.15, 0.2) is 30.6 Å². The number of rotatable bonds is 1. The fraction of sp³-hybridized carbons (Fsp3) is 0.125. The first-order valence-electron chi connectivity index (χ1n) is 3.51. The topological polar surface area (TPSA) is 29.3 Å². The van der Waals surface area contributed by atoms with Gasteiger partial charge in [-0.05, 0) is 18.2 Å². The van der Waals surface area contributed by atoms with Crippen molar-refractivity contribution in [1.82, 2.24) is 9.61 Å². The van der Waals surface area contributed by atoms with E-state index in [0.29, 0.717) is 0 Å². The molecule has 0 radical (unpaired) electrons. The fourth-order valence-electron chi connectivity index (χ4n) is 1.08. The summed E-state index contributed by atoms with van der Waals surface area (Å²) in [5.41, 5.74) is 2.22. The average molecular weight is 147 g/mol. The van der Waals surface area contributed by atoms with Gasteiger partial charge in [0.15, 0.2) is 0 Å². The van der Waals surface area contributed by atoms with Crippen molar-refractivity contribution < 1.29 is 0 Å². The first-order valence-corrected chi connectivity index (χ1v) is 3.51. The second-order valence-corrected chi connectivity index (χ2v) is 2.37. The van der Waals surface area contributed by atoms with Crippen molar-refractivity contribution in [2.75, 3.05) is 12.4 Å². The second-order valence-electron chi connectivity index (χ2n) is 2.37. The Morgan fingerprint density at radius 3 is 3.18 bits per heavy atom. The van der Waals surface area contributed by atoms with Crippen molar-refractivity contribution in [3.8, 4) is 0 Å². The lowest BCUT2D eigenvalue weighted by Gasteiger charge is -1.98. The first kappa shape index (κ1) is 6.22. The summed E-state index contributed by atoms with van der Waals surface area (Å²) in [4.78, 5) is 0. The molecule has 0 aliphatic rings. The molecule has 2 rings (SSSR count). The molecule has 56 valence electrons. The SMILES string of the molecule is CNc1ccn2nccc2c1. The molecule has 0 aliphatic heterocycles. The van der Waals surface area contributed by atoms with Crippen LogP contribution in [0.4, 0.5) is 5.69 Å². The zero-order valence-corrected chi connectivity index (χ0v) is 6.28. The second kappa shape index (κ2) is 2.27. The van der Waals surface area contributed by atoms with Gasteiger partial charge in [0, 0.05) is 25.1 Å². The molecule has 0 saturated heterocycles. The van der Waals surface area contributed by atoms with Crippen LogP contribution in [0.5, 0.6) is 0 Å². The number of hydrogen-bond acceptors (Lipinski definition) is 2. The van der Waals surface area contributed by atoms with E-state index in [4.69, 9.17) is 0 Å². The Hall–Kier alpha value is -1.51. The fourth-order valence-corrected chi connectivity index (χ4v) is 1.08. The summed E-state index contributed by atoms with van der Waals surface area (Å²) < 4.78 is 1.83. The van der Waals surface area contributed by atoms with Crippen LogP contribution in [0.25, 0.3) is 5.52 Å². The normalized spacial score (nSPS) is 10.3. The van der Waals surface area contributed by atoms with Crippen molar-refractivity contribution in [3.63, 3.8) is 0 Å². The molecular formula is C8H9N3. The zero-order valence-electron chi connectivity index (χ0n) is 6.28. The van der Waals surface area contributed by atoms with Crippen LogP contribution in [0, 0.1) is 0 Å². The van der Waals surface area contributed by atoms with Crippen LogP contribution in [0.3, 0.4) is 0 Å². The smallest absolute Gasteiger partial charge is 0.0682 e. The Morgan fingerprint density at radius 1 is 1.45 bits per heavy atom. The molecule has 0 saturated carbocycles. The van der Waals surface area contributed by atoms with Crippen LogP contribution in [-0.4, -0.2) is 16.7 Å². The molecule has 0 fully saturated rings. The molecule has 0 amide bonds. The van der Waals surface area contributed by atoms with Crippen molar-refractivity contribution >= 4 is 11.2 Å². The Bertz CT molecular complexity index is 364. The first-order chi connectivity index (χ1) is 5.40. The molecule has 0 aromatic carbocycles. The van der Waals surface area contributed by atoms with Crippen LogP contribution in [0.1, 0.15) is 0 Å². The molecule has 2 heterocycles. The molecule has 11 heavy (non-hydrogen) atoms. The van der Waals surface area contributed by atoms with Crippen LogP contribution in [-0.2, 0) is 0 Å². The maximum Gasteiger partial charge on any atom is 0.0682 e. The van der Waals surface area contributed by atoms with E-state index in [9.17, 15) is 0 Å². The molecular weight excluding hydrogens is 138 g/mol. The van der Waals surface area contributed by atoms with Gasteiger partial charge in [-0.3, -0.25) is 0 Å². The number of nitrogens with zero attached hydrogens (tertiary/aromatic N) is 2. The Kier molecular flexibility index (Phi) is 1.28. The van der Waals surface area contributed by atoms with Crippen LogP contribution in [0.2, 0.25) is 0 Å². The van der Waals surface area contributed by atoms with E-state index in [1.807, 2.05) is 36.0 Å². The van der Waals surface area contributed by atoms with E-state index in [-0.39, 0.29) is 0 Å². The quantitative estimate of drug-likeness (QED) is 0.660. The third kappa shape index (κ3) is 0.941. The highest BCUT2D eigenvalue weighted by Crippen LogP contribution is 2.09. The van der Waals surface area contributed by atoms with Crippen molar-refractivity contribution in [2.24, 2.45) is 0 Å². The highest BCUT2D eigenvalue weighted by molar-refractivity contribution is 5.57. The zero-order chi connectivity index (χ0) is 7.68. The number of fused-ring (bicyclic) bond motifs is 1. The lowest BCUT2D eigenvalue weighted by atomic mass is 10.3.